The summed E-state index contributed by atoms with van der Waals surface area (Å²) < 4.78 is 114. The van der Waals surface area contributed by atoms with Crippen molar-refractivity contribution in [3.63, 3.8) is 0 Å². The molecule has 5 rings (SSSR count). The topological polar surface area (TPSA) is 90.4 Å². The van der Waals surface area contributed by atoms with Crippen LogP contribution in [0, 0.1) is 5.82 Å². The Morgan fingerprint density at radius 3 is 2.44 bits per heavy atom. The molecule has 1 fully saturated rings. The highest BCUT2D eigenvalue weighted by Gasteiger charge is 2.41. The molecule has 3 aromatic rings. The number of hydrogen-bond acceptors (Lipinski definition) is 6. The van der Waals surface area contributed by atoms with Crippen LogP contribution in [0.4, 0.5) is 37.7 Å². The number of rotatable bonds is 8. The predicted octanol–water partition coefficient (Wildman–Crippen LogP) is 5.29. The summed E-state index contributed by atoms with van der Waals surface area (Å²) in [7, 11) is -4.59. The number of sulfonamides is 1. The van der Waals surface area contributed by atoms with Gasteiger partial charge in [-0.25, -0.2) is 12.8 Å². The molecule has 0 aromatic heterocycles. The molecular weight excluding hydrogens is 604 g/mol. The minimum absolute atomic E-state index is 0.103. The molecule has 8 nitrogen and oxygen atoms in total. The molecule has 2 aliphatic rings. The van der Waals surface area contributed by atoms with Gasteiger partial charge < -0.3 is 14.7 Å². The van der Waals surface area contributed by atoms with E-state index in [1.807, 2.05) is 9.80 Å². The molecule has 3 aromatic carbocycles. The van der Waals surface area contributed by atoms with Gasteiger partial charge in [-0.3, -0.25) is 14.0 Å². The molecule has 2 aliphatic heterocycles. The van der Waals surface area contributed by atoms with Crippen LogP contribution in [0.3, 0.4) is 0 Å². The van der Waals surface area contributed by atoms with E-state index in [-0.39, 0.29) is 36.3 Å². The third-order valence-electron chi connectivity index (χ3n) is 7.32. The second-order valence-electron chi connectivity index (χ2n) is 10.1. The van der Waals surface area contributed by atoms with Gasteiger partial charge in [-0.2, -0.15) is 22.0 Å². The van der Waals surface area contributed by atoms with E-state index in [1.165, 1.54) is 6.07 Å². The summed E-state index contributed by atoms with van der Waals surface area (Å²) in [6, 6.07) is 10.4. The highest BCUT2D eigenvalue weighted by molar-refractivity contribution is 7.92. The lowest BCUT2D eigenvalue weighted by Crippen LogP contribution is -2.60. The van der Waals surface area contributed by atoms with Gasteiger partial charge in [-0.05, 0) is 53.6 Å². The molecule has 1 saturated heterocycles. The van der Waals surface area contributed by atoms with Crippen molar-refractivity contribution >= 4 is 27.4 Å². The van der Waals surface area contributed by atoms with Gasteiger partial charge in [-0.1, -0.05) is 12.1 Å². The fourth-order valence-electron chi connectivity index (χ4n) is 5.37. The van der Waals surface area contributed by atoms with Gasteiger partial charge in [0.2, 0.25) is 0 Å². The zero-order chi connectivity index (χ0) is 31.1. The van der Waals surface area contributed by atoms with Crippen molar-refractivity contribution in [2.45, 2.75) is 30.1 Å². The van der Waals surface area contributed by atoms with Crippen LogP contribution in [-0.4, -0.2) is 69.8 Å². The summed E-state index contributed by atoms with van der Waals surface area (Å²) in [4.78, 5) is 14.3. The molecule has 15 heteroatoms. The van der Waals surface area contributed by atoms with Crippen molar-refractivity contribution in [3.8, 4) is 16.9 Å². The quantitative estimate of drug-likeness (QED) is 0.339. The Bertz CT molecular complexity index is 1640. The molecule has 2 heterocycles. The minimum Gasteiger partial charge on any atom is -0.481 e. The molecule has 0 radical (unpaired) electrons. The standard InChI is InChI=1S/C28H25F6N3O5S/c29-20-10-18(11-22(14-20)42-27(30)31)17-4-5-24-25(12-17)37(16-21-15-35(7-6-26(38)39)8-9-36(21)24)43(40,41)23-3-1-2-19(13-23)28(32,33)34/h1-5,10-14,21,27H,6-9,15-16H2,(H,38,39)/t21-/m0/s1. The van der Waals surface area contributed by atoms with Gasteiger partial charge in [0.15, 0.2) is 0 Å². The maximum Gasteiger partial charge on any atom is 0.416 e. The van der Waals surface area contributed by atoms with Gasteiger partial charge in [0.25, 0.3) is 10.0 Å². The maximum atomic E-state index is 14.3. The number of carboxylic acid groups (broad SMARTS) is 1. The average Bonchev–Trinajstić information content (AvgIpc) is 2.94. The second-order valence-corrected chi connectivity index (χ2v) is 12.0. The zero-order valence-electron chi connectivity index (χ0n) is 22.3. The Morgan fingerprint density at radius 2 is 1.74 bits per heavy atom. The number of aliphatic carboxylic acids is 1. The van der Waals surface area contributed by atoms with Crippen LogP contribution in [0.25, 0.3) is 11.1 Å². The Hall–Kier alpha value is -3.98. The zero-order valence-corrected chi connectivity index (χ0v) is 23.1. The summed E-state index contributed by atoms with van der Waals surface area (Å²) >= 11 is 0. The van der Waals surface area contributed by atoms with E-state index >= 15 is 0 Å². The van der Waals surface area contributed by atoms with Gasteiger partial charge in [-0.15, -0.1) is 0 Å². The monoisotopic (exact) mass is 629 g/mol. The molecule has 0 bridgehead atoms. The fraction of sp³-hybridized carbons (Fsp3) is 0.321. The predicted molar refractivity (Wildman–Crippen MR) is 144 cm³/mol. The van der Waals surface area contributed by atoms with E-state index in [0.29, 0.717) is 31.4 Å². The largest absolute Gasteiger partial charge is 0.481 e. The number of nitrogens with zero attached hydrogens (tertiary/aromatic N) is 3. The molecule has 1 N–H and O–H groups in total. The van der Waals surface area contributed by atoms with Crippen LogP contribution >= 0.6 is 0 Å². The Morgan fingerprint density at radius 1 is 0.977 bits per heavy atom. The molecule has 230 valence electrons. The number of carbonyl (C=O) groups is 1. The first-order valence-corrected chi connectivity index (χ1v) is 14.5. The lowest BCUT2D eigenvalue weighted by atomic mass is 10.00. The molecular formula is C28H25F6N3O5S. The van der Waals surface area contributed by atoms with Gasteiger partial charge >= 0.3 is 18.8 Å². The molecule has 0 unspecified atom stereocenters. The Balaban J connectivity index is 1.60. The van der Waals surface area contributed by atoms with Crippen molar-refractivity contribution in [2.24, 2.45) is 0 Å². The molecule has 43 heavy (non-hydrogen) atoms. The van der Waals surface area contributed by atoms with Crippen molar-refractivity contribution in [3.05, 3.63) is 72.0 Å². The minimum atomic E-state index is -4.79. The van der Waals surface area contributed by atoms with E-state index in [1.54, 1.807) is 12.1 Å². The van der Waals surface area contributed by atoms with Crippen molar-refractivity contribution in [1.82, 2.24) is 4.90 Å². The lowest BCUT2D eigenvalue weighted by Gasteiger charge is -2.49. The third-order valence-corrected chi connectivity index (χ3v) is 9.09. The summed E-state index contributed by atoms with van der Waals surface area (Å²) in [6.45, 7) is -1.99. The van der Waals surface area contributed by atoms with Crippen LogP contribution < -0.4 is 13.9 Å². The van der Waals surface area contributed by atoms with Gasteiger partial charge in [0.1, 0.15) is 11.6 Å². The molecule has 0 saturated carbocycles. The van der Waals surface area contributed by atoms with Crippen molar-refractivity contribution < 1.29 is 49.4 Å². The number of carboxylic acids is 1. The molecule has 0 spiro atoms. The van der Waals surface area contributed by atoms with E-state index in [0.717, 1.165) is 40.7 Å². The number of alkyl halides is 5. The number of fused-ring (bicyclic) bond motifs is 3. The first-order chi connectivity index (χ1) is 20.2. The summed E-state index contributed by atoms with van der Waals surface area (Å²) in [5, 5.41) is 9.09. The number of piperazine rings is 1. The molecule has 0 aliphatic carbocycles. The van der Waals surface area contributed by atoms with Crippen LogP contribution in [0.15, 0.2) is 65.6 Å². The first kappa shape index (κ1) is 30.5. The Labute approximate surface area is 242 Å². The number of halogens is 6. The number of benzene rings is 3. The Kier molecular flexibility index (Phi) is 8.22. The maximum absolute atomic E-state index is 14.3. The molecule has 0 amide bonds. The van der Waals surface area contributed by atoms with Crippen LogP contribution in [0.2, 0.25) is 0 Å². The smallest absolute Gasteiger partial charge is 0.416 e. The van der Waals surface area contributed by atoms with Crippen LogP contribution in [0.5, 0.6) is 5.75 Å². The van der Waals surface area contributed by atoms with Crippen molar-refractivity contribution in [2.75, 3.05) is 41.9 Å². The van der Waals surface area contributed by atoms with Gasteiger partial charge in [0, 0.05) is 32.2 Å². The first-order valence-electron chi connectivity index (χ1n) is 13.0. The second kappa shape index (κ2) is 11.6. The fourth-order valence-corrected chi connectivity index (χ4v) is 6.93. The van der Waals surface area contributed by atoms with E-state index < -0.39 is 56.8 Å². The number of ether oxygens (including phenoxy) is 1. The highest BCUT2D eigenvalue weighted by atomic mass is 32.2. The number of hydrogen-bond donors (Lipinski definition) is 1. The van der Waals surface area contributed by atoms with Crippen molar-refractivity contribution in [1.29, 1.82) is 0 Å². The number of anilines is 2. The SMILES string of the molecule is O=C(O)CCN1CCN2c3ccc(-c4cc(F)cc(OC(F)F)c4)cc3N(S(=O)(=O)c3cccc(C(F)(F)F)c3)C[C@@H]2C1. The normalized spacial score (nSPS) is 17.5. The lowest BCUT2D eigenvalue weighted by molar-refractivity contribution is -0.138. The van der Waals surface area contributed by atoms with E-state index in [2.05, 4.69) is 4.74 Å². The third kappa shape index (κ3) is 6.51. The average molecular weight is 630 g/mol. The van der Waals surface area contributed by atoms with Crippen LogP contribution in [-0.2, 0) is 21.0 Å². The van der Waals surface area contributed by atoms with Crippen LogP contribution in [0.1, 0.15) is 12.0 Å². The summed E-state index contributed by atoms with van der Waals surface area (Å²) in [5.41, 5.74) is -0.250. The summed E-state index contributed by atoms with van der Waals surface area (Å²) in [6.07, 6.45) is -4.91. The van der Waals surface area contributed by atoms with Gasteiger partial charge in [0.05, 0.1) is 40.8 Å². The molecule has 1 atom stereocenters. The van der Waals surface area contributed by atoms with E-state index in [4.69, 9.17) is 5.11 Å². The van der Waals surface area contributed by atoms with E-state index in [9.17, 15) is 39.6 Å². The highest BCUT2D eigenvalue weighted by Crippen LogP contribution is 2.43. The summed E-state index contributed by atoms with van der Waals surface area (Å²) in [5.74, 6) is -2.32.